The summed E-state index contributed by atoms with van der Waals surface area (Å²) >= 11 is 0. The van der Waals surface area contributed by atoms with Crippen molar-refractivity contribution >= 4 is 5.82 Å². The van der Waals surface area contributed by atoms with E-state index >= 15 is 0 Å². The molecule has 1 aromatic rings. The van der Waals surface area contributed by atoms with E-state index in [0.717, 1.165) is 45.0 Å². The standard InChI is InChI=1S/C15H26N4O/c1-13(16-2)14-4-5-17-15(12-14)19-7-3-6-18(8-9-19)10-11-20/h4-5,12-13,16,20H,3,6-11H2,1-2H3. The number of anilines is 1. The molecule has 0 amide bonds. The summed E-state index contributed by atoms with van der Waals surface area (Å²) in [6, 6.07) is 4.60. The molecule has 2 heterocycles. The van der Waals surface area contributed by atoms with Crippen LogP contribution >= 0.6 is 0 Å². The van der Waals surface area contributed by atoms with Crippen molar-refractivity contribution in [1.29, 1.82) is 0 Å². The molecule has 0 aromatic carbocycles. The molecule has 1 atom stereocenters. The average Bonchev–Trinajstić information content (AvgIpc) is 2.73. The Labute approximate surface area is 121 Å². The van der Waals surface area contributed by atoms with Crippen LogP contribution in [0.3, 0.4) is 0 Å². The summed E-state index contributed by atoms with van der Waals surface area (Å²) in [6.45, 7) is 7.24. The van der Waals surface area contributed by atoms with Gasteiger partial charge in [0.2, 0.25) is 0 Å². The maximum Gasteiger partial charge on any atom is 0.128 e. The SMILES string of the molecule is CNC(C)c1ccnc(N2CCCN(CCO)CC2)c1. The monoisotopic (exact) mass is 278 g/mol. The van der Waals surface area contributed by atoms with Crippen LogP contribution in [0.4, 0.5) is 5.82 Å². The highest BCUT2D eigenvalue weighted by Crippen LogP contribution is 2.19. The van der Waals surface area contributed by atoms with E-state index in [2.05, 4.69) is 39.2 Å². The second kappa shape index (κ2) is 7.57. The second-order valence-corrected chi connectivity index (χ2v) is 5.36. The first-order chi connectivity index (χ1) is 9.74. The van der Waals surface area contributed by atoms with Gasteiger partial charge in [-0.05, 0) is 44.6 Å². The van der Waals surface area contributed by atoms with Gasteiger partial charge in [0.25, 0.3) is 0 Å². The normalized spacial score (nSPS) is 18.9. The number of aromatic nitrogens is 1. The van der Waals surface area contributed by atoms with E-state index in [1.165, 1.54) is 5.56 Å². The van der Waals surface area contributed by atoms with Crippen LogP contribution < -0.4 is 10.2 Å². The topological polar surface area (TPSA) is 51.6 Å². The van der Waals surface area contributed by atoms with Crippen LogP contribution in [-0.4, -0.2) is 61.4 Å². The van der Waals surface area contributed by atoms with Gasteiger partial charge >= 0.3 is 0 Å². The largest absolute Gasteiger partial charge is 0.395 e. The Morgan fingerprint density at radius 2 is 2.20 bits per heavy atom. The van der Waals surface area contributed by atoms with Crippen molar-refractivity contribution < 1.29 is 5.11 Å². The number of hydrogen-bond donors (Lipinski definition) is 2. The summed E-state index contributed by atoms with van der Waals surface area (Å²) in [7, 11) is 1.98. The lowest BCUT2D eigenvalue weighted by Gasteiger charge is -2.23. The molecule has 5 heteroatoms. The fourth-order valence-electron chi connectivity index (χ4n) is 2.61. The first-order valence-electron chi connectivity index (χ1n) is 7.46. The van der Waals surface area contributed by atoms with Crippen molar-refractivity contribution in [2.75, 3.05) is 51.3 Å². The number of aliphatic hydroxyl groups excluding tert-OH is 1. The Morgan fingerprint density at radius 3 is 2.95 bits per heavy atom. The lowest BCUT2D eigenvalue weighted by atomic mass is 10.1. The summed E-state index contributed by atoms with van der Waals surface area (Å²) in [4.78, 5) is 9.19. The Bertz CT molecular complexity index is 413. The molecule has 2 N–H and O–H groups in total. The molecule has 20 heavy (non-hydrogen) atoms. The van der Waals surface area contributed by atoms with E-state index in [0.29, 0.717) is 6.04 Å². The second-order valence-electron chi connectivity index (χ2n) is 5.36. The molecule has 0 saturated carbocycles. The number of β-amino-alcohol motifs (C(OH)–C–C–N with tert-alkyl or cyclic N) is 1. The highest BCUT2D eigenvalue weighted by Gasteiger charge is 2.16. The van der Waals surface area contributed by atoms with E-state index in [9.17, 15) is 0 Å². The molecule has 5 nitrogen and oxygen atoms in total. The van der Waals surface area contributed by atoms with Crippen molar-refractivity contribution in [1.82, 2.24) is 15.2 Å². The fourth-order valence-corrected chi connectivity index (χ4v) is 2.61. The minimum atomic E-state index is 0.243. The molecule has 1 saturated heterocycles. The van der Waals surface area contributed by atoms with E-state index in [4.69, 9.17) is 5.11 Å². The molecule has 112 valence electrons. The molecular formula is C15H26N4O. The molecule has 0 aliphatic carbocycles. The molecule has 1 fully saturated rings. The third-order valence-corrected chi connectivity index (χ3v) is 4.03. The van der Waals surface area contributed by atoms with Crippen molar-refractivity contribution in [2.45, 2.75) is 19.4 Å². The zero-order valence-corrected chi connectivity index (χ0v) is 12.5. The number of aliphatic hydroxyl groups is 1. The number of pyridine rings is 1. The van der Waals surface area contributed by atoms with Crippen LogP contribution in [0.2, 0.25) is 0 Å². The summed E-state index contributed by atoms with van der Waals surface area (Å²) in [5.74, 6) is 1.07. The smallest absolute Gasteiger partial charge is 0.128 e. The zero-order valence-electron chi connectivity index (χ0n) is 12.5. The highest BCUT2D eigenvalue weighted by molar-refractivity contribution is 5.42. The van der Waals surface area contributed by atoms with Gasteiger partial charge in [-0.15, -0.1) is 0 Å². The highest BCUT2D eigenvalue weighted by atomic mass is 16.3. The Kier molecular flexibility index (Phi) is 5.76. The number of nitrogens with one attached hydrogen (secondary N) is 1. The van der Waals surface area contributed by atoms with Crippen LogP contribution in [0.5, 0.6) is 0 Å². The maximum absolute atomic E-state index is 9.04. The van der Waals surface area contributed by atoms with Crippen molar-refractivity contribution in [3.8, 4) is 0 Å². The molecular weight excluding hydrogens is 252 g/mol. The van der Waals surface area contributed by atoms with Crippen LogP contribution in [0.15, 0.2) is 18.3 Å². The molecule has 0 spiro atoms. The summed E-state index contributed by atoms with van der Waals surface area (Å²) < 4.78 is 0. The number of hydrogen-bond acceptors (Lipinski definition) is 5. The van der Waals surface area contributed by atoms with Crippen molar-refractivity contribution in [3.05, 3.63) is 23.9 Å². The van der Waals surface area contributed by atoms with E-state index < -0.39 is 0 Å². The van der Waals surface area contributed by atoms with E-state index in [1.54, 1.807) is 0 Å². The van der Waals surface area contributed by atoms with E-state index in [-0.39, 0.29) is 6.61 Å². The van der Waals surface area contributed by atoms with Gasteiger partial charge in [-0.2, -0.15) is 0 Å². The van der Waals surface area contributed by atoms with Gasteiger partial charge < -0.3 is 15.3 Å². The molecule has 1 aliphatic rings. The van der Waals surface area contributed by atoms with Crippen LogP contribution in [0, 0.1) is 0 Å². The Balaban J connectivity index is 2.04. The van der Waals surface area contributed by atoms with Crippen molar-refractivity contribution in [2.24, 2.45) is 0 Å². The molecule has 2 rings (SSSR count). The lowest BCUT2D eigenvalue weighted by molar-refractivity contribution is 0.204. The van der Waals surface area contributed by atoms with Gasteiger partial charge in [0, 0.05) is 38.4 Å². The van der Waals surface area contributed by atoms with Gasteiger partial charge in [-0.3, -0.25) is 4.90 Å². The van der Waals surface area contributed by atoms with Gasteiger partial charge in [-0.25, -0.2) is 4.98 Å². The predicted molar refractivity (Wildman–Crippen MR) is 82.1 cm³/mol. The van der Waals surface area contributed by atoms with Gasteiger partial charge in [0.05, 0.1) is 6.61 Å². The first-order valence-corrected chi connectivity index (χ1v) is 7.46. The summed E-state index contributed by atoms with van der Waals surface area (Å²) in [5, 5.41) is 12.3. The molecule has 1 unspecified atom stereocenters. The summed E-state index contributed by atoms with van der Waals surface area (Å²) in [5.41, 5.74) is 1.27. The predicted octanol–water partition coefficient (Wildman–Crippen LogP) is 0.866. The summed E-state index contributed by atoms with van der Waals surface area (Å²) in [6.07, 6.45) is 3.02. The minimum Gasteiger partial charge on any atom is -0.395 e. The van der Waals surface area contributed by atoms with Crippen LogP contribution in [0.25, 0.3) is 0 Å². The van der Waals surface area contributed by atoms with Gasteiger partial charge in [0.1, 0.15) is 5.82 Å². The lowest BCUT2D eigenvalue weighted by Crippen LogP contribution is -2.32. The number of nitrogens with zero attached hydrogens (tertiary/aromatic N) is 3. The van der Waals surface area contributed by atoms with E-state index in [1.807, 2.05) is 13.2 Å². The van der Waals surface area contributed by atoms with Crippen molar-refractivity contribution in [3.63, 3.8) is 0 Å². The molecule has 0 radical (unpaired) electrons. The molecule has 0 bridgehead atoms. The molecule has 1 aliphatic heterocycles. The average molecular weight is 278 g/mol. The fraction of sp³-hybridized carbons (Fsp3) is 0.667. The molecule has 1 aromatic heterocycles. The quantitative estimate of drug-likeness (QED) is 0.837. The first kappa shape index (κ1) is 15.2. The maximum atomic E-state index is 9.04. The Morgan fingerprint density at radius 1 is 1.35 bits per heavy atom. The third kappa shape index (κ3) is 3.91. The van der Waals surface area contributed by atoms with Crippen LogP contribution in [-0.2, 0) is 0 Å². The van der Waals surface area contributed by atoms with Gasteiger partial charge in [-0.1, -0.05) is 0 Å². The Hall–Kier alpha value is -1.17. The minimum absolute atomic E-state index is 0.243. The van der Waals surface area contributed by atoms with Crippen LogP contribution in [0.1, 0.15) is 24.9 Å². The van der Waals surface area contributed by atoms with Gasteiger partial charge in [0.15, 0.2) is 0 Å². The zero-order chi connectivity index (χ0) is 14.4. The number of rotatable bonds is 5. The third-order valence-electron chi connectivity index (χ3n) is 4.03.